The molecule has 1 aromatic rings. The van der Waals surface area contributed by atoms with Crippen LogP contribution in [0.5, 0.6) is 0 Å². The van der Waals surface area contributed by atoms with Gasteiger partial charge in [0.25, 0.3) is 0 Å². The summed E-state index contributed by atoms with van der Waals surface area (Å²) in [6, 6.07) is 0.267. The molecule has 1 aliphatic carbocycles. The fourth-order valence-electron chi connectivity index (χ4n) is 3.09. The minimum atomic E-state index is 0.267. The van der Waals surface area contributed by atoms with Gasteiger partial charge in [-0.15, -0.1) is 11.3 Å². The maximum atomic E-state index is 12.5. The van der Waals surface area contributed by atoms with Crippen molar-refractivity contribution in [1.29, 1.82) is 0 Å². The monoisotopic (exact) mass is 250 g/mol. The van der Waals surface area contributed by atoms with Crippen molar-refractivity contribution in [3.8, 4) is 0 Å². The Morgan fingerprint density at radius 3 is 2.82 bits per heavy atom. The minimum Gasteiger partial charge on any atom is -0.333 e. The average molecular weight is 250 g/mol. The Labute approximate surface area is 106 Å². The van der Waals surface area contributed by atoms with E-state index in [2.05, 4.69) is 9.88 Å². The van der Waals surface area contributed by atoms with Crippen LogP contribution in [-0.2, 0) is 4.79 Å². The number of amides is 1. The summed E-state index contributed by atoms with van der Waals surface area (Å²) in [5.41, 5.74) is 0. The number of carbonyl (C=O) groups is 1. The lowest BCUT2D eigenvalue weighted by Crippen LogP contribution is -2.34. The Bertz CT molecular complexity index is 384. The second-order valence-corrected chi connectivity index (χ2v) is 5.97. The third-order valence-electron chi connectivity index (χ3n) is 3.98. The summed E-state index contributed by atoms with van der Waals surface area (Å²) in [6.45, 7) is 0.930. The van der Waals surface area contributed by atoms with E-state index < -0.39 is 0 Å². The largest absolute Gasteiger partial charge is 0.333 e. The molecule has 0 aromatic carbocycles. The van der Waals surface area contributed by atoms with Gasteiger partial charge in [-0.05, 0) is 25.7 Å². The van der Waals surface area contributed by atoms with E-state index in [9.17, 15) is 4.79 Å². The van der Waals surface area contributed by atoms with Gasteiger partial charge < -0.3 is 4.90 Å². The predicted octanol–water partition coefficient (Wildman–Crippen LogP) is 3.00. The van der Waals surface area contributed by atoms with Crippen molar-refractivity contribution in [1.82, 2.24) is 9.88 Å². The Morgan fingerprint density at radius 2 is 2.12 bits per heavy atom. The summed E-state index contributed by atoms with van der Waals surface area (Å²) in [7, 11) is 0. The summed E-state index contributed by atoms with van der Waals surface area (Å²) in [4.78, 5) is 18.9. The number of nitrogens with zero attached hydrogens (tertiary/aromatic N) is 2. The Balaban J connectivity index is 1.75. The first-order valence-corrected chi connectivity index (χ1v) is 7.44. The van der Waals surface area contributed by atoms with Crippen molar-refractivity contribution >= 4 is 17.2 Å². The van der Waals surface area contributed by atoms with Crippen LogP contribution in [0.3, 0.4) is 0 Å². The molecule has 0 spiro atoms. The zero-order chi connectivity index (χ0) is 11.7. The minimum absolute atomic E-state index is 0.267. The number of hydrogen-bond acceptors (Lipinski definition) is 3. The lowest BCUT2D eigenvalue weighted by atomic mass is 10.1. The highest BCUT2D eigenvalue weighted by Crippen LogP contribution is 2.36. The number of hydrogen-bond donors (Lipinski definition) is 0. The SMILES string of the molecule is O=C(C1CCCC1)N1CCCC1c1nccs1. The maximum absolute atomic E-state index is 12.5. The molecule has 1 saturated carbocycles. The van der Waals surface area contributed by atoms with Gasteiger partial charge in [0, 0.05) is 24.0 Å². The molecule has 1 aromatic heterocycles. The Kier molecular flexibility index (Phi) is 3.14. The molecular weight excluding hydrogens is 232 g/mol. The van der Waals surface area contributed by atoms with Gasteiger partial charge in [0.2, 0.25) is 5.91 Å². The molecule has 0 N–H and O–H groups in total. The standard InChI is InChI=1S/C13H18N2OS/c16-13(10-4-1-2-5-10)15-8-3-6-11(15)12-14-7-9-17-12/h7,9-11H,1-6,8H2. The molecule has 17 heavy (non-hydrogen) atoms. The molecule has 0 radical (unpaired) electrons. The highest BCUT2D eigenvalue weighted by atomic mass is 32.1. The van der Waals surface area contributed by atoms with E-state index in [0.29, 0.717) is 11.8 Å². The van der Waals surface area contributed by atoms with Crippen LogP contribution in [0.2, 0.25) is 0 Å². The zero-order valence-electron chi connectivity index (χ0n) is 9.97. The van der Waals surface area contributed by atoms with Crippen molar-refractivity contribution in [3.05, 3.63) is 16.6 Å². The van der Waals surface area contributed by atoms with Crippen LogP contribution >= 0.6 is 11.3 Å². The topological polar surface area (TPSA) is 33.2 Å². The van der Waals surface area contributed by atoms with Crippen molar-refractivity contribution in [2.24, 2.45) is 5.92 Å². The maximum Gasteiger partial charge on any atom is 0.226 e. The van der Waals surface area contributed by atoms with Crippen molar-refractivity contribution in [2.75, 3.05) is 6.54 Å². The van der Waals surface area contributed by atoms with E-state index in [4.69, 9.17) is 0 Å². The molecule has 1 saturated heterocycles. The predicted molar refractivity (Wildman–Crippen MR) is 67.8 cm³/mol. The van der Waals surface area contributed by atoms with E-state index >= 15 is 0 Å². The average Bonchev–Trinajstić information content (AvgIpc) is 3.09. The fraction of sp³-hybridized carbons (Fsp3) is 0.692. The second kappa shape index (κ2) is 4.77. The van der Waals surface area contributed by atoms with Crippen LogP contribution < -0.4 is 0 Å². The molecule has 4 heteroatoms. The lowest BCUT2D eigenvalue weighted by Gasteiger charge is -2.26. The van der Waals surface area contributed by atoms with Gasteiger partial charge in [0.15, 0.2) is 0 Å². The molecule has 1 unspecified atom stereocenters. The molecule has 92 valence electrons. The first-order chi connectivity index (χ1) is 8.36. The van der Waals surface area contributed by atoms with E-state index in [0.717, 1.165) is 37.2 Å². The Hall–Kier alpha value is -0.900. The van der Waals surface area contributed by atoms with Gasteiger partial charge >= 0.3 is 0 Å². The quantitative estimate of drug-likeness (QED) is 0.808. The van der Waals surface area contributed by atoms with Crippen molar-refractivity contribution in [2.45, 2.75) is 44.6 Å². The van der Waals surface area contributed by atoms with Gasteiger partial charge in [-0.2, -0.15) is 0 Å². The number of thiazole rings is 1. The summed E-state index contributed by atoms with van der Waals surface area (Å²) in [5.74, 6) is 0.691. The molecule has 2 aliphatic rings. The van der Waals surface area contributed by atoms with E-state index in [1.165, 1.54) is 12.8 Å². The smallest absolute Gasteiger partial charge is 0.226 e. The van der Waals surface area contributed by atoms with Gasteiger partial charge in [-0.3, -0.25) is 4.79 Å². The molecule has 3 nitrogen and oxygen atoms in total. The van der Waals surface area contributed by atoms with Crippen molar-refractivity contribution in [3.63, 3.8) is 0 Å². The molecular formula is C13H18N2OS. The van der Waals surface area contributed by atoms with Gasteiger partial charge in [0.1, 0.15) is 5.01 Å². The van der Waals surface area contributed by atoms with Crippen LogP contribution in [0, 0.1) is 5.92 Å². The van der Waals surface area contributed by atoms with Crippen LogP contribution in [-0.4, -0.2) is 22.3 Å². The van der Waals surface area contributed by atoms with Crippen LogP contribution in [0.25, 0.3) is 0 Å². The first kappa shape index (κ1) is 11.2. The third kappa shape index (κ3) is 2.10. The molecule has 1 atom stereocenters. The summed E-state index contributed by atoms with van der Waals surface area (Å²) < 4.78 is 0. The third-order valence-corrected chi connectivity index (χ3v) is 4.85. The molecule has 1 aliphatic heterocycles. The van der Waals surface area contributed by atoms with Crippen molar-refractivity contribution < 1.29 is 4.79 Å². The highest BCUT2D eigenvalue weighted by Gasteiger charge is 2.35. The van der Waals surface area contributed by atoms with Gasteiger partial charge in [-0.1, -0.05) is 12.8 Å². The summed E-state index contributed by atoms with van der Waals surface area (Å²) >= 11 is 1.68. The summed E-state index contributed by atoms with van der Waals surface area (Å²) in [5, 5.41) is 3.13. The van der Waals surface area contributed by atoms with Crippen LogP contribution in [0.4, 0.5) is 0 Å². The summed E-state index contributed by atoms with van der Waals surface area (Å²) in [6.07, 6.45) is 8.71. The van der Waals surface area contributed by atoms with E-state index in [1.54, 1.807) is 11.3 Å². The lowest BCUT2D eigenvalue weighted by molar-refractivity contribution is -0.136. The fourth-order valence-corrected chi connectivity index (χ4v) is 3.88. The molecule has 3 rings (SSSR count). The molecule has 1 amide bonds. The second-order valence-electron chi connectivity index (χ2n) is 5.04. The molecule has 2 heterocycles. The normalized spacial score (nSPS) is 25.6. The van der Waals surface area contributed by atoms with Crippen LogP contribution in [0.15, 0.2) is 11.6 Å². The highest BCUT2D eigenvalue weighted by molar-refractivity contribution is 7.09. The Morgan fingerprint density at radius 1 is 1.29 bits per heavy atom. The number of likely N-dealkylation sites (tertiary alicyclic amines) is 1. The van der Waals surface area contributed by atoms with Gasteiger partial charge in [0.05, 0.1) is 6.04 Å². The van der Waals surface area contributed by atoms with Gasteiger partial charge in [-0.25, -0.2) is 4.98 Å². The van der Waals surface area contributed by atoms with Crippen LogP contribution in [0.1, 0.15) is 49.6 Å². The van der Waals surface area contributed by atoms with E-state index in [-0.39, 0.29) is 6.04 Å². The number of carbonyl (C=O) groups excluding carboxylic acids is 1. The molecule has 0 bridgehead atoms. The number of aromatic nitrogens is 1. The first-order valence-electron chi connectivity index (χ1n) is 6.56. The van der Waals surface area contributed by atoms with E-state index in [1.807, 2.05) is 11.6 Å². The molecule has 2 fully saturated rings. The number of rotatable bonds is 2. The zero-order valence-corrected chi connectivity index (χ0v) is 10.8.